The molecule has 2 aliphatic rings. The fourth-order valence-electron chi connectivity index (χ4n) is 11.7. The summed E-state index contributed by atoms with van der Waals surface area (Å²) in [6.07, 6.45) is 0. The van der Waals surface area contributed by atoms with E-state index in [1.165, 1.54) is 83.5 Å². The van der Waals surface area contributed by atoms with Gasteiger partial charge in [0.2, 0.25) is 0 Å². The molecule has 0 fully saturated rings. The van der Waals surface area contributed by atoms with Gasteiger partial charge in [0.05, 0.1) is 16.8 Å². The van der Waals surface area contributed by atoms with Crippen LogP contribution >= 0.6 is 0 Å². The van der Waals surface area contributed by atoms with Crippen LogP contribution in [0.1, 0.15) is 22.3 Å². The van der Waals surface area contributed by atoms with Crippen LogP contribution in [0.4, 0.5) is 17.1 Å². The Balaban J connectivity index is 1.08. The largest absolute Gasteiger partial charge is 0.456 e. The molecule has 11 aromatic carbocycles. The zero-order valence-corrected chi connectivity index (χ0v) is 37.7. The number of nitrogens with zero attached hydrogens (tertiary/aromatic N) is 1. The smallest absolute Gasteiger partial charge is 0.135 e. The molecule has 12 aromatic rings. The molecule has 2 nitrogen and oxygen atoms in total. The van der Waals surface area contributed by atoms with Crippen molar-refractivity contribution in [2.24, 2.45) is 0 Å². The molecular weight excluding hydrogens is 835 g/mol. The standard InChI is InChI=1S/C67H43NO/c1-4-18-44(19-5-1)47-34-38-65-57(40-47)58-43-50(35-39-66(58)69-65)68-63-36-32-48(53-26-12-10-24-51(53)45-20-6-2-7-21-45)41-61(63)67(59-30-16-14-28-55(59)56-29-15-17-31-60(56)67)62-42-49(33-37-64(62)68)54-27-13-11-25-52(54)46-22-8-3-9-23-46/h1-43H. The number of anilines is 3. The molecule has 1 aliphatic heterocycles. The highest BCUT2D eigenvalue weighted by atomic mass is 16.3. The molecule has 0 radical (unpaired) electrons. The van der Waals surface area contributed by atoms with E-state index >= 15 is 0 Å². The van der Waals surface area contributed by atoms with Crippen LogP contribution in [-0.2, 0) is 5.41 Å². The lowest BCUT2D eigenvalue weighted by Crippen LogP contribution is -2.36. The van der Waals surface area contributed by atoms with Crippen molar-refractivity contribution in [3.05, 3.63) is 283 Å². The summed E-state index contributed by atoms with van der Waals surface area (Å²) in [6, 6.07) is 95.9. The Labute approximate surface area is 401 Å². The van der Waals surface area contributed by atoms with Gasteiger partial charge in [-0.3, -0.25) is 0 Å². The normalized spacial score (nSPS) is 13.0. The van der Waals surface area contributed by atoms with Gasteiger partial charge in [0.15, 0.2) is 0 Å². The first kappa shape index (κ1) is 39.2. The SMILES string of the molecule is c1ccc(-c2ccc3oc4ccc(N5c6ccc(-c7ccccc7-c7ccccc7)cc6C6(c7ccccc7-c7ccccc76)c6cc(-c7ccccc7-c7ccccc7)ccc65)cc4c3c2)cc1. The van der Waals surface area contributed by atoms with Crippen molar-refractivity contribution in [1.29, 1.82) is 0 Å². The van der Waals surface area contributed by atoms with Gasteiger partial charge in [0.25, 0.3) is 0 Å². The van der Waals surface area contributed by atoms with Gasteiger partial charge in [-0.2, -0.15) is 0 Å². The van der Waals surface area contributed by atoms with E-state index in [1.807, 2.05) is 0 Å². The van der Waals surface area contributed by atoms with E-state index in [-0.39, 0.29) is 0 Å². The summed E-state index contributed by atoms with van der Waals surface area (Å²) >= 11 is 0. The second kappa shape index (κ2) is 15.6. The number of fused-ring (bicyclic) bond motifs is 12. The first-order chi connectivity index (χ1) is 34.2. The van der Waals surface area contributed by atoms with Crippen LogP contribution in [-0.4, -0.2) is 0 Å². The molecule has 0 saturated heterocycles. The van der Waals surface area contributed by atoms with E-state index < -0.39 is 5.41 Å². The molecule has 1 spiro atoms. The van der Waals surface area contributed by atoms with Gasteiger partial charge in [-0.05, 0) is 144 Å². The van der Waals surface area contributed by atoms with Crippen LogP contribution in [0.15, 0.2) is 265 Å². The quantitative estimate of drug-likeness (QED) is 0.165. The minimum Gasteiger partial charge on any atom is -0.456 e. The van der Waals surface area contributed by atoms with E-state index in [9.17, 15) is 0 Å². The highest BCUT2D eigenvalue weighted by Crippen LogP contribution is 2.64. The topological polar surface area (TPSA) is 16.4 Å². The lowest BCUT2D eigenvalue weighted by molar-refractivity contribution is 0.669. The summed E-state index contributed by atoms with van der Waals surface area (Å²) in [7, 11) is 0. The van der Waals surface area contributed by atoms with Gasteiger partial charge in [0.1, 0.15) is 11.2 Å². The molecule has 2 heterocycles. The average molecular weight is 878 g/mol. The van der Waals surface area contributed by atoms with Crippen molar-refractivity contribution in [2.75, 3.05) is 4.90 Å². The minimum atomic E-state index is -0.666. The summed E-state index contributed by atoms with van der Waals surface area (Å²) in [4.78, 5) is 2.51. The van der Waals surface area contributed by atoms with E-state index in [4.69, 9.17) is 4.42 Å². The number of rotatable bonds is 6. The molecule has 1 aliphatic carbocycles. The average Bonchev–Trinajstić information content (AvgIpc) is 3.95. The number of hydrogen-bond acceptors (Lipinski definition) is 2. The van der Waals surface area contributed by atoms with Crippen LogP contribution < -0.4 is 4.90 Å². The number of benzene rings is 11. The van der Waals surface area contributed by atoms with Crippen molar-refractivity contribution in [3.63, 3.8) is 0 Å². The Morgan fingerprint density at radius 3 is 1.16 bits per heavy atom. The Morgan fingerprint density at radius 1 is 0.261 bits per heavy atom. The zero-order valence-electron chi connectivity index (χ0n) is 37.7. The van der Waals surface area contributed by atoms with Crippen LogP contribution in [0, 0.1) is 0 Å². The van der Waals surface area contributed by atoms with Gasteiger partial charge >= 0.3 is 0 Å². The summed E-state index contributed by atoms with van der Waals surface area (Å²) in [5.74, 6) is 0. The highest BCUT2D eigenvalue weighted by molar-refractivity contribution is 6.09. The molecule has 2 heteroatoms. The summed E-state index contributed by atoms with van der Waals surface area (Å²) in [6.45, 7) is 0. The van der Waals surface area contributed by atoms with Crippen molar-refractivity contribution in [1.82, 2.24) is 0 Å². The minimum absolute atomic E-state index is 0.666. The number of hydrogen-bond donors (Lipinski definition) is 0. The summed E-state index contributed by atoms with van der Waals surface area (Å²) in [5, 5.41) is 2.18. The molecular formula is C67H43NO. The maximum Gasteiger partial charge on any atom is 0.135 e. The molecule has 0 N–H and O–H groups in total. The van der Waals surface area contributed by atoms with E-state index in [0.29, 0.717) is 0 Å². The van der Waals surface area contributed by atoms with Crippen LogP contribution in [0.25, 0.3) is 88.7 Å². The summed E-state index contributed by atoms with van der Waals surface area (Å²) in [5.41, 5.74) is 23.9. The van der Waals surface area contributed by atoms with Crippen molar-refractivity contribution in [2.45, 2.75) is 5.41 Å². The Hall–Kier alpha value is -8.98. The van der Waals surface area contributed by atoms with Crippen molar-refractivity contribution in [3.8, 4) is 66.8 Å². The monoisotopic (exact) mass is 877 g/mol. The van der Waals surface area contributed by atoms with E-state index in [2.05, 4.69) is 266 Å². The maximum absolute atomic E-state index is 6.59. The lowest BCUT2D eigenvalue weighted by Gasteiger charge is -2.45. The van der Waals surface area contributed by atoms with E-state index in [0.717, 1.165) is 44.6 Å². The molecule has 0 bridgehead atoms. The van der Waals surface area contributed by atoms with Gasteiger partial charge in [-0.1, -0.05) is 206 Å². The van der Waals surface area contributed by atoms with Gasteiger partial charge in [0, 0.05) is 16.5 Å². The molecule has 0 saturated carbocycles. The molecule has 1 aromatic heterocycles. The van der Waals surface area contributed by atoms with E-state index in [1.54, 1.807) is 0 Å². The zero-order chi connectivity index (χ0) is 45.5. The third kappa shape index (κ3) is 5.99. The predicted molar refractivity (Wildman–Crippen MR) is 286 cm³/mol. The first-order valence-corrected chi connectivity index (χ1v) is 23.8. The fraction of sp³-hybridized carbons (Fsp3) is 0.0149. The predicted octanol–water partition coefficient (Wildman–Crippen LogP) is 18.1. The molecule has 0 unspecified atom stereocenters. The van der Waals surface area contributed by atoms with Crippen LogP contribution in [0.5, 0.6) is 0 Å². The Kier molecular flexibility index (Phi) is 8.84. The second-order valence-corrected chi connectivity index (χ2v) is 18.3. The van der Waals surface area contributed by atoms with Crippen LogP contribution in [0.3, 0.4) is 0 Å². The fourth-order valence-corrected chi connectivity index (χ4v) is 11.7. The third-order valence-electron chi connectivity index (χ3n) is 14.7. The van der Waals surface area contributed by atoms with Crippen LogP contribution in [0.2, 0.25) is 0 Å². The first-order valence-electron chi connectivity index (χ1n) is 23.8. The van der Waals surface area contributed by atoms with Gasteiger partial charge in [-0.25, -0.2) is 0 Å². The second-order valence-electron chi connectivity index (χ2n) is 18.3. The number of furan rings is 1. The lowest BCUT2D eigenvalue weighted by atomic mass is 9.64. The Bertz CT molecular complexity index is 3780. The molecule has 322 valence electrons. The third-order valence-corrected chi connectivity index (χ3v) is 14.7. The molecule has 14 rings (SSSR count). The summed E-state index contributed by atoms with van der Waals surface area (Å²) < 4.78 is 6.59. The molecule has 69 heavy (non-hydrogen) atoms. The molecule has 0 amide bonds. The maximum atomic E-state index is 6.59. The van der Waals surface area contributed by atoms with Gasteiger partial charge < -0.3 is 9.32 Å². The van der Waals surface area contributed by atoms with Crippen molar-refractivity contribution < 1.29 is 4.42 Å². The van der Waals surface area contributed by atoms with Crippen molar-refractivity contribution >= 4 is 39.0 Å². The molecule has 0 atom stereocenters. The highest BCUT2D eigenvalue weighted by Gasteiger charge is 2.52. The van der Waals surface area contributed by atoms with Gasteiger partial charge in [-0.15, -0.1) is 0 Å². The Morgan fingerprint density at radius 2 is 0.652 bits per heavy atom.